The number of carbonyl (C=O) groups excluding carboxylic acids is 2. The normalized spacial score (nSPS) is 10.9. The van der Waals surface area contributed by atoms with E-state index < -0.39 is 12.1 Å². The molecule has 0 unspecified atom stereocenters. The first-order chi connectivity index (χ1) is 11.1. The molecule has 0 spiro atoms. The van der Waals surface area contributed by atoms with Crippen molar-refractivity contribution in [3.05, 3.63) is 66.9 Å². The quantitative estimate of drug-likeness (QED) is 0.473. The van der Waals surface area contributed by atoms with Crippen molar-refractivity contribution in [1.82, 2.24) is 0 Å². The molecule has 5 nitrogen and oxygen atoms in total. The minimum absolute atomic E-state index is 0.0252. The van der Waals surface area contributed by atoms with Gasteiger partial charge in [0.1, 0.15) is 12.9 Å². The summed E-state index contributed by atoms with van der Waals surface area (Å²) in [5.74, 6) is -0.439. The molecule has 0 aliphatic heterocycles. The molecule has 5 heteroatoms. The van der Waals surface area contributed by atoms with E-state index in [0.717, 1.165) is 17.0 Å². The second-order valence-electron chi connectivity index (χ2n) is 4.61. The lowest BCUT2D eigenvalue weighted by molar-refractivity contribution is -0.135. The highest BCUT2D eigenvalue weighted by Gasteiger charge is 2.12. The van der Waals surface area contributed by atoms with Crippen molar-refractivity contribution in [3.63, 3.8) is 0 Å². The molecule has 118 valence electrons. The van der Waals surface area contributed by atoms with Gasteiger partial charge in [-0.3, -0.25) is 4.79 Å². The molecule has 0 N–H and O–H groups in total. The van der Waals surface area contributed by atoms with Gasteiger partial charge < -0.3 is 14.2 Å². The van der Waals surface area contributed by atoms with E-state index in [4.69, 9.17) is 14.2 Å². The van der Waals surface area contributed by atoms with Gasteiger partial charge in [0.2, 0.25) is 0 Å². The van der Waals surface area contributed by atoms with Gasteiger partial charge in [0.25, 0.3) is 0 Å². The third kappa shape index (κ3) is 4.71. The van der Waals surface area contributed by atoms with Crippen LogP contribution in [0.4, 0.5) is 4.79 Å². The number of benzene rings is 2. The first-order valence-electron chi connectivity index (χ1n) is 6.92. The molecule has 2 rings (SSSR count). The maximum atomic E-state index is 11.6. The van der Waals surface area contributed by atoms with E-state index in [-0.39, 0.29) is 12.4 Å². The molecular weight excluding hydrogens is 296 g/mol. The van der Waals surface area contributed by atoms with Crippen molar-refractivity contribution >= 4 is 28.7 Å². The van der Waals surface area contributed by atoms with Crippen LogP contribution in [-0.4, -0.2) is 18.7 Å². The Labute approximate surface area is 133 Å². The summed E-state index contributed by atoms with van der Waals surface area (Å²) < 4.78 is 14.7. The molecule has 0 saturated heterocycles. The van der Waals surface area contributed by atoms with E-state index in [0.29, 0.717) is 5.56 Å². The van der Waals surface area contributed by atoms with Gasteiger partial charge in [0.15, 0.2) is 5.76 Å². The third-order valence-electron chi connectivity index (χ3n) is 2.88. The second-order valence-corrected chi connectivity index (χ2v) is 4.61. The van der Waals surface area contributed by atoms with Gasteiger partial charge in [-0.2, -0.15) is 0 Å². The monoisotopic (exact) mass is 312 g/mol. The minimum Gasteiger partial charge on any atom is -0.431 e. The molecule has 0 bridgehead atoms. The number of rotatable bonds is 5. The molecular formula is C18H16O5. The molecule has 0 amide bonds. The van der Waals surface area contributed by atoms with Crippen LogP contribution in [0.25, 0.3) is 16.5 Å². The second kappa shape index (κ2) is 7.79. The Kier molecular flexibility index (Phi) is 5.52. The molecule has 0 aliphatic carbocycles. The Morgan fingerprint density at radius 1 is 1.13 bits per heavy atom. The maximum Gasteiger partial charge on any atom is 0.514 e. The van der Waals surface area contributed by atoms with Crippen LogP contribution in [-0.2, 0) is 19.0 Å². The molecule has 0 heterocycles. The maximum absolute atomic E-state index is 11.6. The molecule has 0 aromatic heterocycles. The number of carbonyl (C=O) groups is 2. The van der Waals surface area contributed by atoms with Crippen molar-refractivity contribution in [3.8, 4) is 0 Å². The van der Waals surface area contributed by atoms with E-state index in [1.807, 2.05) is 36.4 Å². The van der Waals surface area contributed by atoms with Crippen molar-refractivity contribution in [1.29, 1.82) is 0 Å². The molecule has 0 aliphatic rings. The summed E-state index contributed by atoms with van der Waals surface area (Å²) in [5, 5.41) is 2.00. The Morgan fingerprint density at radius 2 is 1.87 bits per heavy atom. The average Bonchev–Trinajstić information content (AvgIpc) is 2.56. The lowest BCUT2D eigenvalue weighted by Crippen LogP contribution is -2.07. The summed E-state index contributed by atoms with van der Waals surface area (Å²) in [6, 6.07) is 13.2. The molecule has 23 heavy (non-hydrogen) atoms. The van der Waals surface area contributed by atoms with Crippen molar-refractivity contribution in [2.24, 2.45) is 0 Å². The summed E-state index contributed by atoms with van der Waals surface area (Å²) in [5.41, 5.74) is 0.584. The molecule has 2 aromatic carbocycles. The minimum atomic E-state index is -0.906. The van der Waals surface area contributed by atoms with Crippen LogP contribution in [0, 0.1) is 0 Å². The van der Waals surface area contributed by atoms with Gasteiger partial charge in [-0.05, 0) is 16.8 Å². The van der Waals surface area contributed by atoms with Gasteiger partial charge in [-0.1, -0.05) is 49.1 Å². The van der Waals surface area contributed by atoms with Gasteiger partial charge in [0.05, 0.1) is 0 Å². The Bertz CT molecular complexity index is 761. The summed E-state index contributed by atoms with van der Waals surface area (Å²) >= 11 is 0. The van der Waals surface area contributed by atoms with Crippen molar-refractivity contribution in [2.45, 2.75) is 6.92 Å². The first-order valence-corrected chi connectivity index (χ1v) is 6.92. The average molecular weight is 312 g/mol. The van der Waals surface area contributed by atoms with E-state index in [2.05, 4.69) is 6.58 Å². The van der Waals surface area contributed by atoms with Crippen LogP contribution < -0.4 is 0 Å². The molecule has 0 fully saturated rings. The lowest BCUT2D eigenvalue weighted by atomic mass is 10.1. The lowest BCUT2D eigenvalue weighted by Gasteiger charge is -2.09. The largest absolute Gasteiger partial charge is 0.514 e. The van der Waals surface area contributed by atoms with Gasteiger partial charge >= 0.3 is 12.1 Å². The molecule has 0 radical (unpaired) electrons. The van der Waals surface area contributed by atoms with Crippen LogP contribution in [0.5, 0.6) is 0 Å². The van der Waals surface area contributed by atoms with E-state index in [1.165, 1.54) is 13.0 Å². The smallest absolute Gasteiger partial charge is 0.431 e. The molecule has 2 aromatic rings. The first kappa shape index (κ1) is 16.3. The fourth-order valence-electron chi connectivity index (χ4n) is 1.88. The summed E-state index contributed by atoms with van der Waals surface area (Å²) in [6.07, 6.45) is 1.60. The Balaban J connectivity index is 2.30. The number of esters is 1. The fraction of sp³-hybridized carbons (Fsp3) is 0.111. The standard InChI is InChI=1S/C18H16O5/c1-3-10-21-18(20)23-17(12-22-13(2)19)16-9-8-14-6-4-5-7-15(14)11-16/h3-9,11-12H,1,10H2,2H3/b17-12+. The van der Waals surface area contributed by atoms with Crippen LogP contribution in [0.2, 0.25) is 0 Å². The zero-order valence-corrected chi connectivity index (χ0v) is 12.7. The predicted octanol–water partition coefficient (Wildman–Crippen LogP) is 4.04. The highest BCUT2D eigenvalue weighted by atomic mass is 16.7. The zero-order valence-electron chi connectivity index (χ0n) is 12.7. The number of hydrogen-bond acceptors (Lipinski definition) is 5. The zero-order chi connectivity index (χ0) is 16.7. The van der Waals surface area contributed by atoms with Gasteiger partial charge in [-0.15, -0.1) is 0 Å². The van der Waals surface area contributed by atoms with E-state index >= 15 is 0 Å². The van der Waals surface area contributed by atoms with Crippen LogP contribution in [0.15, 0.2) is 61.4 Å². The van der Waals surface area contributed by atoms with Crippen LogP contribution >= 0.6 is 0 Å². The highest BCUT2D eigenvalue weighted by molar-refractivity contribution is 5.86. The fourth-order valence-corrected chi connectivity index (χ4v) is 1.88. The molecule has 0 atom stereocenters. The SMILES string of the molecule is C=CCOC(=O)O/C(=C/OC(C)=O)c1ccc2ccccc2c1. The third-order valence-corrected chi connectivity index (χ3v) is 2.88. The van der Waals surface area contributed by atoms with Crippen molar-refractivity contribution < 1.29 is 23.8 Å². The van der Waals surface area contributed by atoms with E-state index in [9.17, 15) is 9.59 Å². The Morgan fingerprint density at radius 3 is 2.57 bits per heavy atom. The van der Waals surface area contributed by atoms with Gasteiger partial charge in [-0.25, -0.2) is 4.79 Å². The van der Waals surface area contributed by atoms with Gasteiger partial charge in [0, 0.05) is 12.5 Å². The topological polar surface area (TPSA) is 61.8 Å². The summed E-state index contributed by atoms with van der Waals surface area (Å²) in [7, 11) is 0. The number of ether oxygens (including phenoxy) is 3. The summed E-state index contributed by atoms with van der Waals surface area (Å²) in [4.78, 5) is 22.6. The predicted molar refractivity (Wildman–Crippen MR) is 86.3 cm³/mol. The number of fused-ring (bicyclic) bond motifs is 1. The van der Waals surface area contributed by atoms with Crippen LogP contribution in [0.3, 0.4) is 0 Å². The Hall–Kier alpha value is -3.08. The van der Waals surface area contributed by atoms with Crippen molar-refractivity contribution in [2.75, 3.05) is 6.61 Å². The van der Waals surface area contributed by atoms with Crippen LogP contribution in [0.1, 0.15) is 12.5 Å². The highest BCUT2D eigenvalue weighted by Crippen LogP contribution is 2.22. The summed E-state index contributed by atoms with van der Waals surface area (Å²) in [6.45, 7) is 4.73. The molecule has 0 saturated carbocycles. The van der Waals surface area contributed by atoms with E-state index in [1.54, 1.807) is 6.07 Å². The number of hydrogen-bond donors (Lipinski definition) is 0.